The van der Waals surface area contributed by atoms with E-state index in [-0.39, 0.29) is 0 Å². The first-order chi connectivity index (χ1) is 10.2. The molecule has 5 nitrogen and oxygen atoms in total. The third-order valence-corrected chi connectivity index (χ3v) is 3.56. The van der Waals surface area contributed by atoms with Crippen molar-refractivity contribution in [1.29, 1.82) is 5.26 Å². The van der Waals surface area contributed by atoms with Crippen molar-refractivity contribution >= 4 is 11.6 Å². The van der Waals surface area contributed by atoms with E-state index in [1.54, 1.807) is 12.1 Å². The van der Waals surface area contributed by atoms with Gasteiger partial charge in [0.2, 0.25) is 0 Å². The molecule has 0 radical (unpaired) electrons. The Bertz CT molecular complexity index is 700. The molecule has 0 atom stereocenters. The van der Waals surface area contributed by atoms with Gasteiger partial charge in [0, 0.05) is 25.6 Å². The van der Waals surface area contributed by atoms with Gasteiger partial charge >= 0.3 is 0 Å². The molecule has 0 unspecified atom stereocenters. The van der Waals surface area contributed by atoms with Crippen molar-refractivity contribution in [3.05, 3.63) is 47.3 Å². The van der Waals surface area contributed by atoms with Crippen LogP contribution < -0.4 is 10.6 Å². The van der Waals surface area contributed by atoms with Crippen molar-refractivity contribution in [2.45, 2.75) is 25.3 Å². The van der Waals surface area contributed by atoms with E-state index in [1.165, 1.54) is 0 Å². The predicted octanol–water partition coefficient (Wildman–Crippen LogP) is 2.44. The molecule has 2 N–H and O–H groups in total. The Balaban J connectivity index is 1.81. The van der Waals surface area contributed by atoms with E-state index in [0.29, 0.717) is 23.8 Å². The minimum absolute atomic E-state index is 0.475. The van der Waals surface area contributed by atoms with Gasteiger partial charge in [-0.1, -0.05) is 12.1 Å². The molecule has 0 bridgehead atoms. The van der Waals surface area contributed by atoms with Crippen LogP contribution in [0, 0.1) is 11.3 Å². The summed E-state index contributed by atoms with van der Waals surface area (Å²) in [6.45, 7) is 0.677. The highest BCUT2D eigenvalue weighted by atomic mass is 15.2. The first kappa shape index (κ1) is 13.4. The topological polar surface area (TPSA) is 78.8 Å². The van der Waals surface area contributed by atoms with Crippen LogP contribution in [-0.2, 0) is 6.54 Å². The highest BCUT2D eigenvalue weighted by Gasteiger charge is 2.27. The fourth-order valence-electron chi connectivity index (χ4n) is 2.29. The summed E-state index contributed by atoms with van der Waals surface area (Å²) in [5.41, 5.74) is 7.62. The third-order valence-electron chi connectivity index (χ3n) is 3.56. The summed E-state index contributed by atoms with van der Waals surface area (Å²) in [6, 6.07) is 11.5. The molecule has 1 aromatic carbocycles. The number of anilines is 2. The van der Waals surface area contributed by atoms with E-state index in [1.807, 2.05) is 30.1 Å². The molecular weight excluding hydrogens is 262 g/mol. The Morgan fingerprint density at radius 3 is 2.86 bits per heavy atom. The van der Waals surface area contributed by atoms with Crippen molar-refractivity contribution in [2.24, 2.45) is 0 Å². The van der Waals surface area contributed by atoms with Gasteiger partial charge in [0.05, 0.1) is 11.6 Å². The number of rotatable bonds is 4. The summed E-state index contributed by atoms with van der Waals surface area (Å²) in [5, 5.41) is 8.95. The summed E-state index contributed by atoms with van der Waals surface area (Å²) in [4.78, 5) is 10.9. The summed E-state index contributed by atoms with van der Waals surface area (Å²) >= 11 is 0. The number of nitrogen functional groups attached to an aromatic ring is 1. The van der Waals surface area contributed by atoms with Gasteiger partial charge in [0.15, 0.2) is 0 Å². The van der Waals surface area contributed by atoms with Crippen LogP contribution in [0.3, 0.4) is 0 Å². The van der Waals surface area contributed by atoms with Gasteiger partial charge in [-0.3, -0.25) is 0 Å². The van der Waals surface area contributed by atoms with Crippen molar-refractivity contribution in [3.8, 4) is 6.07 Å². The normalized spacial score (nSPS) is 13.7. The van der Waals surface area contributed by atoms with Crippen molar-refractivity contribution in [1.82, 2.24) is 9.97 Å². The summed E-state index contributed by atoms with van der Waals surface area (Å²) < 4.78 is 0. The van der Waals surface area contributed by atoms with E-state index in [4.69, 9.17) is 11.0 Å². The van der Waals surface area contributed by atoms with Gasteiger partial charge in [0.25, 0.3) is 0 Å². The average molecular weight is 279 g/mol. The minimum Gasteiger partial charge on any atom is -0.384 e. The second-order valence-electron chi connectivity index (χ2n) is 5.45. The van der Waals surface area contributed by atoms with Gasteiger partial charge in [-0.05, 0) is 30.5 Å². The molecule has 0 saturated heterocycles. The lowest BCUT2D eigenvalue weighted by Crippen LogP contribution is -2.19. The molecule has 3 rings (SSSR count). The lowest BCUT2D eigenvalue weighted by atomic mass is 10.1. The maximum absolute atomic E-state index is 8.95. The maximum atomic E-state index is 8.95. The number of nitrogens with two attached hydrogens (primary N) is 1. The highest BCUT2D eigenvalue weighted by molar-refractivity contribution is 5.48. The summed E-state index contributed by atoms with van der Waals surface area (Å²) in [7, 11) is 1.97. The Kier molecular flexibility index (Phi) is 3.44. The molecule has 0 aliphatic heterocycles. The quantitative estimate of drug-likeness (QED) is 0.930. The molecule has 106 valence electrons. The van der Waals surface area contributed by atoms with Crippen molar-refractivity contribution in [2.75, 3.05) is 17.7 Å². The Morgan fingerprint density at radius 2 is 2.14 bits per heavy atom. The van der Waals surface area contributed by atoms with Crippen LogP contribution >= 0.6 is 0 Å². The lowest BCUT2D eigenvalue weighted by molar-refractivity contribution is 0.856. The smallest absolute Gasteiger partial charge is 0.136 e. The largest absolute Gasteiger partial charge is 0.384 e. The fraction of sp³-hybridized carbons (Fsp3) is 0.312. The molecule has 1 aliphatic carbocycles. The zero-order valence-corrected chi connectivity index (χ0v) is 12.0. The van der Waals surface area contributed by atoms with E-state index in [2.05, 4.69) is 16.0 Å². The Morgan fingerprint density at radius 1 is 1.33 bits per heavy atom. The zero-order chi connectivity index (χ0) is 14.8. The molecule has 0 amide bonds. The number of aromatic nitrogens is 2. The number of nitrogens with zero attached hydrogens (tertiary/aromatic N) is 4. The number of hydrogen-bond acceptors (Lipinski definition) is 5. The van der Waals surface area contributed by atoms with Crippen LogP contribution in [0.4, 0.5) is 11.6 Å². The Labute approximate surface area is 124 Å². The van der Waals surface area contributed by atoms with Crippen molar-refractivity contribution in [3.63, 3.8) is 0 Å². The van der Waals surface area contributed by atoms with Gasteiger partial charge in [0.1, 0.15) is 17.5 Å². The van der Waals surface area contributed by atoms with E-state index < -0.39 is 0 Å². The minimum atomic E-state index is 0.475. The first-order valence-electron chi connectivity index (χ1n) is 7.00. The van der Waals surface area contributed by atoms with Crippen LogP contribution in [0.1, 0.15) is 35.7 Å². The molecule has 1 heterocycles. The second-order valence-corrected chi connectivity index (χ2v) is 5.45. The standard InChI is InChI=1S/C16H17N5/c1-21(10-12-4-2-3-11(7-12)9-17)15-8-14(18)19-16(20-15)13-5-6-13/h2-4,7-8,13H,5-6,10H2,1H3,(H2,18,19,20). The monoisotopic (exact) mass is 279 g/mol. The second kappa shape index (κ2) is 5.41. The van der Waals surface area contributed by atoms with Crippen LogP contribution in [0.2, 0.25) is 0 Å². The van der Waals surface area contributed by atoms with E-state index in [9.17, 15) is 0 Å². The molecule has 1 aliphatic rings. The molecule has 1 fully saturated rings. The number of benzene rings is 1. The maximum Gasteiger partial charge on any atom is 0.136 e. The number of hydrogen-bond donors (Lipinski definition) is 1. The van der Waals surface area contributed by atoms with Crippen LogP contribution in [0.5, 0.6) is 0 Å². The molecule has 1 aromatic heterocycles. The van der Waals surface area contributed by atoms with Gasteiger partial charge in [-0.15, -0.1) is 0 Å². The van der Waals surface area contributed by atoms with Crippen LogP contribution in [0.25, 0.3) is 0 Å². The highest BCUT2D eigenvalue weighted by Crippen LogP contribution is 2.38. The van der Waals surface area contributed by atoms with Crippen LogP contribution in [0.15, 0.2) is 30.3 Å². The summed E-state index contributed by atoms with van der Waals surface area (Å²) in [6.07, 6.45) is 2.30. The van der Waals surface area contributed by atoms with Gasteiger partial charge in [-0.2, -0.15) is 5.26 Å². The SMILES string of the molecule is CN(Cc1cccc(C#N)c1)c1cc(N)nc(C2CC2)n1. The van der Waals surface area contributed by atoms with Gasteiger partial charge < -0.3 is 10.6 Å². The fourth-order valence-corrected chi connectivity index (χ4v) is 2.29. The van der Waals surface area contributed by atoms with Crippen LogP contribution in [-0.4, -0.2) is 17.0 Å². The third kappa shape index (κ3) is 3.11. The van der Waals surface area contributed by atoms with E-state index >= 15 is 0 Å². The molecular formula is C16H17N5. The van der Waals surface area contributed by atoms with E-state index in [0.717, 1.165) is 30.0 Å². The average Bonchev–Trinajstić information content (AvgIpc) is 3.31. The summed E-state index contributed by atoms with van der Waals surface area (Å²) in [5.74, 6) is 2.66. The zero-order valence-electron chi connectivity index (χ0n) is 12.0. The van der Waals surface area contributed by atoms with Gasteiger partial charge in [-0.25, -0.2) is 9.97 Å². The first-order valence-corrected chi connectivity index (χ1v) is 7.00. The molecule has 2 aromatic rings. The van der Waals surface area contributed by atoms with Crippen molar-refractivity contribution < 1.29 is 0 Å². The molecule has 21 heavy (non-hydrogen) atoms. The molecule has 0 spiro atoms. The predicted molar refractivity (Wildman–Crippen MR) is 81.7 cm³/mol. The molecule has 1 saturated carbocycles. The number of nitriles is 1. The Hall–Kier alpha value is -2.61. The molecule has 5 heteroatoms. The lowest BCUT2D eigenvalue weighted by Gasteiger charge is -2.19.